The topological polar surface area (TPSA) is 43.4 Å². The average Bonchev–Trinajstić information content (AvgIpc) is 2.57. The zero-order valence-electron chi connectivity index (χ0n) is 16.0. The Balaban J connectivity index is 2.14. The van der Waals surface area contributed by atoms with Gasteiger partial charge in [0.05, 0.1) is 10.0 Å². The molecule has 3 nitrogen and oxygen atoms in total. The Hall–Kier alpha value is -1.68. The van der Waals surface area contributed by atoms with Gasteiger partial charge in [0.1, 0.15) is 17.1 Å². The monoisotopic (exact) mass is 404 g/mol. The lowest BCUT2D eigenvalue weighted by molar-refractivity contribution is -0.184. The van der Waals surface area contributed by atoms with E-state index < -0.39 is 17.1 Å². The van der Waals surface area contributed by atoms with Crippen molar-refractivity contribution in [3.05, 3.63) is 57.6 Å². The van der Waals surface area contributed by atoms with E-state index in [0.717, 1.165) is 16.7 Å². The van der Waals surface area contributed by atoms with Crippen LogP contribution in [0.1, 0.15) is 44.7 Å². The lowest BCUT2D eigenvalue weighted by Crippen LogP contribution is -2.58. The number of Topliss-reactive ketones (excluding diaryl/α,β-unsaturated/α-hetero) is 2. The highest BCUT2D eigenvalue weighted by Gasteiger charge is 2.53. The van der Waals surface area contributed by atoms with Crippen LogP contribution in [-0.4, -0.2) is 22.8 Å². The van der Waals surface area contributed by atoms with Crippen LogP contribution in [0, 0.1) is 6.92 Å². The Morgan fingerprint density at radius 2 is 1.33 bits per heavy atom. The minimum atomic E-state index is -1.03. The summed E-state index contributed by atoms with van der Waals surface area (Å²) < 4.78 is 5.79. The molecule has 1 fully saturated rings. The molecular formula is C22H22Cl2O3. The third kappa shape index (κ3) is 3.56. The first-order valence-corrected chi connectivity index (χ1v) is 9.54. The average molecular weight is 405 g/mol. The predicted octanol–water partition coefficient (Wildman–Crippen LogP) is 5.78. The van der Waals surface area contributed by atoms with Gasteiger partial charge in [-0.1, -0.05) is 41.4 Å². The van der Waals surface area contributed by atoms with Crippen LogP contribution in [0.5, 0.6) is 0 Å². The van der Waals surface area contributed by atoms with Crippen molar-refractivity contribution in [1.82, 2.24) is 0 Å². The first kappa shape index (κ1) is 20.1. The molecule has 27 heavy (non-hydrogen) atoms. The van der Waals surface area contributed by atoms with Gasteiger partial charge in [-0.3, -0.25) is 9.59 Å². The van der Waals surface area contributed by atoms with Crippen LogP contribution in [0.4, 0.5) is 0 Å². The molecule has 0 aliphatic carbocycles. The van der Waals surface area contributed by atoms with Gasteiger partial charge in [0.2, 0.25) is 0 Å². The number of rotatable bonds is 2. The molecule has 5 heteroatoms. The van der Waals surface area contributed by atoms with E-state index in [2.05, 4.69) is 0 Å². The lowest BCUT2D eigenvalue weighted by Gasteiger charge is -2.43. The number of benzene rings is 2. The number of halogens is 2. The van der Waals surface area contributed by atoms with Crippen LogP contribution in [-0.2, 0) is 14.3 Å². The molecule has 1 aliphatic rings. The van der Waals surface area contributed by atoms with E-state index in [4.69, 9.17) is 27.9 Å². The smallest absolute Gasteiger partial charge is 0.179 e. The number of ketones is 2. The maximum absolute atomic E-state index is 13.1. The fourth-order valence-electron chi connectivity index (χ4n) is 3.64. The number of hydrogen-bond donors (Lipinski definition) is 0. The van der Waals surface area contributed by atoms with Gasteiger partial charge in [-0.2, -0.15) is 0 Å². The molecule has 0 aromatic heterocycles. The Kier molecular flexibility index (Phi) is 5.00. The molecule has 0 radical (unpaired) electrons. The van der Waals surface area contributed by atoms with Crippen LogP contribution < -0.4 is 0 Å². The largest absolute Gasteiger partial charge is 0.354 e. The van der Waals surface area contributed by atoms with Crippen molar-refractivity contribution in [3.8, 4) is 11.1 Å². The highest BCUT2D eigenvalue weighted by atomic mass is 35.5. The summed E-state index contributed by atoms with van der Waals surface area (Å²) in [6, 6.07) is 11.1. The molecule has 2 aromatic rings. The summed E-state index contributed by atoms with van der Waals surface area (Å²) in [7, 11) is 0. The molecule has 3 rings (SSSR count). The number of aryl methyl sites for hydroxylation is 1. The van der Waals surface area contributed by atoms with Crippen LogP contribution in [0.15, 0.2) is 36.4 Å². The summed E-state index contributed by atoms with van der Waals surface area (Å²) >= 11 is 12.2. The quantitative estimate of drug-likeness (QED) is 0.595. The molecule has 0 saturated carbocycles. The van der Waals surface area contributed by atoms with E-state index in [-0.39, 0.29) is 11.6 Å². The van der Waals surface area contributed by atoms with E-state index in [1.54, 1.807) is 39.8 Å². The van der Waals surface area contributed by atoms with E-state index in [9.17, 15) is 9.59 Å². The van der Waals surface area contributed by atoms with Gasteiger partial charge in [0, 0.05) is 0 Å². The number of ether oxygens (including phenoxy) is 1. The zero-order valence-corrected chi connectivity index (χ0v) is 17.5. The zero-order chi connectivity index (χ0) is 20.1. The van der Waals surface area contributed by atoms with E-state index in [0.29, 0.717) is 15.6 Å². The second-order valence-corrected chi connectivity index (χ2v) is 8.80. The van der Waals surface area contributed by atoms with Gasteiger partial charge in [-0.25, -0.2) is 0 Å². The Labute approximate surface area is 169 Å². The van der Waals surface area contributed by atoms with Crippen LogP contribution in [0.2, 0.25) is 10.0 Å². The molecule has 0 amide bonds. The van der Waals surface area contributed by atoms with Crippen molar-refractivity contribution in [2.75, 3.05) is 0 Å². The van der Waals surface area contributed by atoms with Gasteiger partial charge in [0.25, 0.3) is 0 Å². The van der Waals surface area contributed by atoms with Crippen LogP contribution in [0.25, 0.3) is 11.1 Å². The molecule has 0 bridgehead atoms. The number of hydrogen-bond acceptors (Lipinski definition) is 3. The molecule has 0 atom stereocenters. The third-order valence-corrected chi connectivity index (χ3v) is 5.80. The minimum absolute atomic E-state index is 0.221. The van der Waals surface area contributed by atoms with Gasteiger partial charge >= 0.3 is 0 Å². The first-order valence-electron chi connectivity index (χ1n) is 8.79. The van der Waals surface area contributed by atoms with E-state index >= 15 is 0 Å². The number of carbonyl (C=O) groups is 2. The standard InChI is InChI=1S/C22H22Cl2O3/c1-12-6-7-13(14-8-9-16(23)17(24)11-14)10-15(12)18-19(25)21(2,3)27-22(4,5)20(18)26/h6-11,18H,1-5H3. The molecule has 0 unspecified atom stereocenters. The fourth-order valence-corrected chi connectivity index (χ4v) is 3.94. The molecule has 142 valence electrons. The van der Waals surface area contributed by atoms with Gasteiger partial charge in [0.15, 0.2) is 11.6 Å². The summed E-state index contributed by atoms with van der Waals surface area (Å²) in [6.45, 7) is 8.77. The SMILES string of the molecule is Cc1ccc(-c2ccc(Cl)c(Cl)c2)cc1C1C(=O)C(C)(C)OC(C)(C)C1=O. The Morgan fingerprint density at radius 3 is 1.89 bits per heavy atom. The summed E-state index contributed by atoms with van der Waals surface area (Å²) in [5, 5.41) is 0.933. The highest BCUT2D eigenvalue weighted by Crippen LogP contribution is 2.40. The maximum Gasteiger partial charge on any atom is 0.179 e. The number of carbonyl (C=O) groups excluding carboxylic acids is 2. The molecule has 0 N–H and O–H groups in total. The lowest BCUT2D eigenvalue weighted by atomic mass is 9.73. The maximum atomic E-state index is 13.1. The minimum Gasteiger partial charge on any atom is -0.354 e. The third-order valence-electron chi connectivity index (χ3n) is 5.06. The predicted molar refractivity (Wildman–Crippen MR) is 109 cm³/mol. The molecule has 1 aliphatic heterocycles. The molecule has 0 spiro atoms. The molecule has 1 saturated heterocycles. The summed E-state index contributed by atoms with van der Waals surface area (Å²) in [5.74, 6) is -1.30. The summed E-state index contributed by atoms with van der Waals surface area (Å²) in [5.41, 5.74) is 1.27. The van der Waals surface area contributed by atoms with E-state index in [1.165, 1.54) is 0 Å². The van der Waals surface area contributed by atoms with Crippen molar-refractivity contribution < 1.29 is 14.3 Å². The second kappa shape index (κ2) is 6.73. The summed E-state index contributed by atoms with van der Waals surface area (Å²) in [6.07, 6.45) is 0. The van der Waals surface area contributed by atoms with Crippen molar-refractivity contribution in [3.63, 3.8) is 0 Å². The van der Waals surface area contributed by atoms with Gasteiger partial charge in [-0.15, -0.1) is 0 Å². The van der Waals surface area contributed by atoms with Crippen molar-refractivity contribution in [1.29, 1.82) is 0 Å². The van der Waals surface area contributed by atoms with Crippen molar-refractivity contribution in [2.45, 2.75) is 51.7 Å². The summed E-state index contributed by atoms with van der Waals surface area (Å²) in [4.78, 5) is 26.1. The van der Waals surface area contributed by atoms with E-state index in [1.807, 2.05) is 31.2 Å². The van der Waals surface area contributed by atoms with Crippen LogP contribution in [0.3, 0.4) is 0 Å². The molecule has 1 heterocycles. The highest BCUT2D eigenvalue weighted by molar-refractivity contribution is 6.42. The fraction of sp³-hybridized carbons (Fsp3) is 0.364. The van der Waals surface area contributed by atoms with Gasteiger partial charge < -0.3 is 4.74 Å². The second-order valence-electron chi connectivity index (χ2n) is 7.98. The molecular weight excluding hydrogens is 383 g/mol. The Bertz CT molecular complexity index is 919. The Morgan fingerprint density at radius 1 is 0.815 bits per heavy atom. The van der Waals surface area contributed by atoms with Gasteiger partial charge in [-0.05, 0) is 75.1 Å². The molecule has 2 aromatic carbocycles. The van der Waals surface area contributed by atoms with Crippen molar-refractivity contribution in [2.24, 2.45) is 0 Å². The first-order chi connectivity index (χ1) is 12.4. The van der Waals surface area contributed by atoms with Crippen LogP contribution >= 0.6 is 23.2 Å². The van der Waals surface area contributed by atoms with Crippen molar-refractivity contribution >= 4 is 34.8 Å². The normalized spacial score (nSPS) is 19.4.